The van der Waals surface area contributed by atoms with E-state index in [0.29, 0.717) is 56.8 Å². The van der Waals surface area contributed by atoms with E-state index in [1.54, 1.807) is 23.2 Å². The zero-order valence-corrected chi connectivity index (χ0v) is 31.5. The number of rotatable bonds is 5. The first-order chi connectivity index (χ1) is 23.1. The molecule has 4 aromatic rings. The van der Waals surface area contributed by atoms with E-state index in [0.717, 1.165) is 11.8 Å². The molecule has 2 atom stereocenters. The van der Waals surface area contributed by atoms with Crippen LogP contribution in [0.15, 0.2) is 42.7 Å². The van der Waals surface area contributed by atoms with Gasteiger partial charge in [-0.2, -0.15) is 0 Å². The fourth-order valence-electron chi connectivity index (χ4n) is 8.27. The van der Waals surface area contributed by atoms with Crippen LogP contribution in [-0.4, -0.2) is 59.8 Å². The highest BCUT2D eigenvalue weighted by atomic mass is 35.5. The second-order valence-electron chi connectivity index (χ2n) is 15.4. The Morgan fingerprint density at radius 3 is 2.35 bits per heavy atom. The smallest absolute Gasteiger partial charge is 0.410 e. The Bertz CT molecular complexity index is 1990. The van der Waals surface area contributed by atoms with Crippen molar-refractivity contribution in [3.63, 3.8) is 0 Å². The maximum absolute atomic E-state index is 16.7. The molecule has 49 heavy (non-hydrogen) atoms. The number of amides is 1. The number of pyridine rings is 2. The Morgan fingerprint density at radius 1 is 1.00 bits per heavy atom. The third-order valence-electron chi connectivity index (χ3n) is 10.5. The number of likely N-dealkylation sites (tertiary alicyclic amines) is 1. The van der Waals surface area contributed by atoms with Crippen LogP contribution in [0.3, 0.4) is 0 Å². The molecule has 0 saturated carbocycles. The molecule has 258 valence electrons. The van der Waals surface area contributed by atoms with Gasteiger partial charge in [0.1, 0.15) is 30.7 Å². The highest BCUT2D eigenvalue weighted by Gasteiger charge is 2.50. The van der Waals surface area contributed by atoms with Gasteiger partial charge in [-0.05, 0) is 55.3 Å². The Hall–Kier alpha value is -3.74. The average molecular weight is 703 g/mol. The normalized spacial score (nSPS) is 17.9. The van der Waals surface area contributed by atoms with Crippen LogP contribution < -0.4 is 4.90 Å². The van der Waals surface area contributed by atoms with Crippen molar-refractivity contribution in [3.8, 4) is 22.7 Å². The van der Waals surface area contributed by atoms with E-state index >= 15 is 8.78 Å². The van der Waals surface area contributed by atoms with Crippen LogP contribution in [0, 0.1) is 23.1 Å². The Labute approximate surface area is 294 Å². The number of carbonyl (C=O) groups excluding carboxylic acids is 1. The van der Waals surface area contributed by atoms with Crippen molar-refractivity contribution in [2.75, 3.05) is 18.0 Å². The van der Waals surface area contributed by atoms with Gasteiger partial charge in [-0.25, -0.2) is 13.6 Å². The van der Waals surface area contributed by atoms with E-state index in [4.69, 9.17) is 16.3 Å². The summed E-state index contributed by atoms with van der Waals surface area (Å²) in [5, 5.41) is 2.15. The molecule has 0 aliphatic carbocycles. The lowest BCUT2D eigenvalue weighted by atomic mass is 9.94. The molecule has 6 nitrogen and oxygen atoms in total. The number of fused-ring (bicyclic) bond motifs is 3. The summed E-state index contributed by atoms with van der Waals surface area (Å²) in [6.07, 6.45) is 3.48. The van der Waals surface area contributed by atoms with Crippen LogP contribution in [0.2, 0.25) is 21.6 Å². The number of anilines is 1. The summed E-state index contributed by atoms with van der Waals surface area (Å²) in [5.41, 5.74) is 5.74. The van der Waals surface area contributed by atoms with E-state index in [9.17, 15) is 4.79 Å². The van der Waals surface area contributed by atoms with Crippen molar-refractivity contribution in [3.05, 3.63) is 64.9 Å². The fourth-order valence-corrected chi connectivity index (χ4v) is 13.7. The lowest BCUT2D eigenvalue weighted by Gasteiger charge is -2.48. The number of hydrogen-bond donors (Lipinski definition) is 0. The van der Waals surface area contributed by atoms with Crippen LogP contribution in [0.4, 0.5) is 19.3 Å². The van der Waals surface area contributed by atoms with Gasteiger partial charge in [-0.3, -0.25) is 9.97 Å². The van der Waals surface area contributed by atoms with Crippen molar-refractivity contribution < 1.29 is 18.3 Å². The molecule has 2 aromatic carbocycles. The minimum atomic E-state index is -2.19. The number of aromatic nitrogens is 2. The molecule has 2 aliphatic heterocycles. The molecule has 4 heterocycles. The molecule has 0 spiro atoms. The Kier molecular flexibility index (Phi) is 9.21. The van der Waals surface area contributed by atoms with Gasteiger partial charge in [0.05, 0.1) is 28.4 Å². The third-order valence-corrected chi connectivity index (χ3v) is 17.1. The Morgan fingerprint density at radius 2 is 1.69 bits per heavy atom. The molecule has 2 saturated heterocycles. The lowest BCUT2D eigenvalue weighted by Crippen LogP contribution is -2.63. The summed E-state index contributed by atoms with van der Waals surface area (Å²) in [6, 6.07) is 8.60. The predicted molar refractivity (Wildman–Crippen MR) is 198 cm³/mol. The predicted octanol–water partition coefficient (Wildman–Crippen LogP) is 10.1. The van der Waals surface area contributed by atoms with Crippen LogP contribution in [0.25, 0.3) is 32.9 Å². The van der Waals surface area contributed by atoms with Crippen molar-refractivity contribution in [2.24, 2.45) is 0 Å². The summed E-state index contributed by atoms with van der Waals surface area (Å²) in [4.78, 5) is 25.8. The molecule has 2 aromatic heterocycles. The van der Waals surface area contributed by atoms with Crippen molar-refractivity contribution in [2.45, 2.75) is 103 Å². The van der Waals surface area contributed by atoms with Crippen molar-refractivity contribution in [1.29, 1.82) is 0 Å². The van der Waals surface area contributed by atoms with E-state index in [-0.39, 0.29) is 35.0 Å². The number of ether oxygens (including phenoxy) is 1. The molecule has 0 N–H and O–H groups in total. The van der Waals surface area contributed by atoms with Crippen molar-refractivity contribution in [1.82, 2.24) is 14.9 Å². The second kappa shape index (κ2) is 12.9. The summed E-state index contributed by atoms with van der Waals surface area (Å²) < 4.78 is 38.1. The molecule has 1 amide bonds. The highest BCUT2D eigenvalue weighted by molar-refractivity contribution is 6.90. The third kappa shape index (κ3) is 5.95. The molecular weight excluding hydrogens is 658 g/mol. The van der Waals surface area contributed by atoms with Crippen LogP contribution in [0.1, 0.15) is 74.3 Å². The molecule has 2 aliphatic rings. The standard InChI is InChI=1S/C39H45ClF2N4O2Si/c1-22(2)49(23(3)4,24(5)6)18-16-26-30(41)14-13-25-11-10-12-27(33(25)26)35-34(42)36-28(19-43-35)37(29(40)20-44-36)46-21-32-31(46)15-17-45(32)38(47)48-39(7,8)9/h10-14,19-20,22-24,31-32H,15,17,21H2,1-9H3/t31-,32-/m1/s1. The topological polar surface area (TPSA) is 58.6 Å². The van der Waals surface area contributed by atoms with Gasteiger partial charge in [0.25, 0.3) is 0 Å². The maximum Gasteiger partial charge on any atom is 0.410 e. The number of carbonyl (C=O) groups is 1. The molecule has 6 rings (SSSR count). The van der Waals surface area contributed by atoms with E-state index in [1.165, 1.54) is 12.3 Å². The maximum atomic E-state index is 16.7. The zero-order chi connectivity index (χ0) is 35.6. The van der Waals surface area contributed by atoms with Gasteiger partial charge < -0.3 is 14.5 Å². The van der Waals surface area contributed by atoms with Crippen LogP contribution >= 0.6 is 11.6 Å². The quantitative estimate of drug-likeness (QED) is 0.153. The lowest BCUT2D eigenvalue weighted by molar-refractivity contribution is 0.0194. The molecule has 0 radical (unpaired) electrons. The monoisotopic (exact) mass is 702 g/mol. The number of halogens is 3. The van der Waals surface area contributed by atoms with E-state index in [2.05, 4.69) is 67.9 Å². The second-order valence-corrected chi connectivity index (χ2v) is 21.3. The first-order valence-corrected chi connectivity index (χ1v) is 19.8. The first kappa shape index (κ1) is 35.1. The average Bonchev–Trinajstić information content (AvgIpc) is 3.34. The largest absolute Gasteiger partial charge is 0.444 e. The molecule has 2 fully saturated rings. The SMILES string of the molecule is CC(C)[Si](C#Cc1c(F)ccc2cccc(-c3ncc4c(N5C[C@@H]6[C@H]5CCN6C(=O)OC(C)(C)C)c(Cl)cnc4c3F)c12)(C(C)C)C(C)C. The Balaban J connectivity index is 1.43. The highest BCUT2D eigenvalue weighted by Crippen LogP contribution is 2.45. The van der Waals surface area contributed by atoms with Gasteiger partial charge in [-0.1, -0.05) is 83.3 Å². The van der Waals surface area contributed by atoms with Crippen molar-refractivity contribution >= 4 is 53.1 Å². The number of hydrogen-bond acceptors (Lipinski definition) is 5. The summed E-state index contributed by atoms with van der Waals surface area (Å²) in [7, 11) is -2.19. The first-order valence-electron chi connectivity index (χ1n) is 17.2. The summed E-state index contributed by atoms with van der Waals surface area (Å²) in [5.74, 6) is 2.26. The molecule has 10 heteroatoms. The number of nitrogens with zero attached hydrogens (tertiary/aromatic N) is 4. The summed E-state index contributed by atoms with van der Waals surface area (Å²) >= 11 is 6.74. The van der Waals surface area contributed by atoms with Gasteiger partial charge in [-0.15, -0.1) is 5.54 Å². The van der Waals surface area contributed by atoms with Gasteiger partial charge in [0.15, 0.2) is 5.82 Å². The van der Waals surface area contributed by atoms with Crippen LogP contribution in [0.5, 0.6) is 0 Å². The molecule has 0 bridgehead atoms. The van der Waals surface area contributed by atoms with Gasteiger partial charge in [0.2, 0.25) is 0 Å². The minimum Gasteiger partial charge on any atom is -0.444 e. The van der Waals surface area contributed by atoms with E-state index in [1.807, 2.05) is 32.9 Å². The molecule has 0 unspecified atom stereocenters. The minimum absolute atomic E-state index is 0.0127. The van der Waals surface area contributed by atoms with Gasteiger partial charge in [0, 0.05) is 41.8 Å². The molecular formula is C39H45ClF2N4O2Si. The fraction of sp³-hybridized carbons (Fsp3) is 0.462. The number of benzene rings is 2. The van der Waals surface area contributed by atoms with Gasteiger partial charge >= 0.3 is 6.09 Å². The zero-order valence-electron chi connectivity index (χ0n) is 29.8. The van der Waals surface area contributed by atoms with E-state index < -0.39 is 25.3 Å². The summed E-state index contributed by atoms with van der Waals surface area (Å²) in [6.45, 7) is 20.0. The van der Waals surface area contributed by atoms with Crippen LogP contribution in [-0.2, 0) is 4.74 Å².